The van der Waals surface area contributed by atoms with Crippen LogP contribution in [0, 0.1) is 0 Å². The molecule has 2 unspecified atom stereocenters. The van der Waals surface area contributed by atoms with Crippen molar-refractivity contribution < 1.29 is 9.53 Å². The summed E-state index contributed by atoms with van der Waals surface area (Å²) in [4.78, 5) is 13.6. The zero-order valence-electron chi connectivity index (χ0n) is 9.37. The number of esters is 1. The maximum atomic E-state index is 11.0. The molecule has 0 amide bonds. The lowest BCUT2D eigenvalue weighted by atomic mass is 9.98. The molecule has 0 aromatic rings. The first-order chi connectivity index (χ1) is 7.29. The van der Waals surface area contributed by atoms with Gasteiger partial charge in [-0.25, -0.2) is 0 Å². The molecule has 4 heteroatoms. The Labute approximate surface area is 91.0 Å². The average Bonchev–Trinajstić information content (AvgIpc) is 2.72. The SMILES string of the molecule is COC(=O)CNC1CCN2CCCC2C1. The van der Waals surface area contributed by atoms with Crippen LogP contribution in [0.25, 0.3) is 0 Å². The quantitative estimate of drug-likeness (QED) is 0.687. The number of piperidine rings is 1. The molecule has 2 aliphatic heterocycles. The van der Waals surface area contributed by atoms with Crippen molar-refractivity contribution in [2.75, 3.05) is 26.7 Å². The third-order valence-electron chi connectivity index (χ3n) is 3.58. The number of nitrogens with one attached hydrogen (secondary N) is 1. The van der Waals surface area contributed by atoms with E-state index in [0.29, 0.717) is 12.6 Å². The largest absolute Gasteiger partial charge is 0.468 e. The zero-order chi connectivity index (χ0) is 10.7. The Morgan fingerprint density at radius 2 is 2.33 bits per heavy atom. The van der Waals surface area contributed by atoms with Crippen LogP contribution in [0.5, 0.6) is 0 Å². The van der Waals surface area contributed by atoms with E-state index < -0.39 is 0 Å². The number of rotatable bonds is 3. The Bertz CT molecular complexity index is 233. The Kier molecular flexibility index (Phi) is 3.59. The van der Waals surface area contributed by atoms with Gasteiger partial charge in [0.2, 0.25) is 0 Å². The summed E-state index contributed by atoms with van der Waals surface area (Å²) < 4.78 is 4.62. The molecule has 0 radical (unpaired) electrons. The molecule has 2 atom stereocenters. The minimum Gasteiger partial charge on any atom is -0.468 e. The molecule has 86 valence electrons. The van der Waals surface area contributed by atoms with E-state index in [0.717, 1.165) is 12.5 Å². The summed E-state index contributed by atoms with van der Waals surface area (Å²) in [6, 6.07) is 1.26. The Morgan fingerprint density at radius 1 is 1.47 bits per heavy atom. The predicted octanol–water partition coefficient (Wildman–Crippen LogP) is 0.376. The van der Waals surface area contributed by atoms with Crippen molar-refractivity contribution in [2.45, 2.75) is 37.8 Å². The van der Waals surface area contributed by atoms with Crippen LogP contribution in [0.15, 0.2) is 0 Å². The maximum Gasteiger partial charge on any atom is 0.319 e. The van der Waals surface area contributed by atoms with Crippen molar-refractivity contribution in [3.63, 3.8) is 0 Å². The highest BCUT2D eigenvalue weighted by Gasteiger charge is 2.31. The van der Waals surface area contributed by atoms with Crippen molar-refractivity contribution in [2.24, 2.45) is 0 Å². The highest BCUT2D eigenvalue weighted by Crippen LogP contribution is 2.26. The van der Waals surface area contributed by atoms with Crippen molar-refractivity contribution in [3.05, 3.63) is 0 Å². The lowest BCUT2D eigenvalue weighted by Gasteiger charge is -2.35. The highest BCUT2D eigenvalue weighted by atomic mass is 16.5. The van der Waals surface area contributed by atoms with E-state index in [1.807, 2.05) is 0 Å². The Morgan fingerprint density at radius 3 is 3.13 bits per heavy atom. The molecule has 0 saturated carbocycles. The topological polar surface area (TPSA) is 41.6 Å². The summed E-state index contributed by atoms with van der Waals surface area (Å²) >= 11 is 0. The molecular formula is C11H20N2O2. The van der Waals surface area contributed by atoms with Crippen LogP contribution in [0.2, 0.25) is 0 Å². The van der Waals surface area contributed by atoms with Gasteiger partial charge >= 0.3 is 5.97 Å². The van der Waals surface area contributed by atoms with Gasteiger partial charge in [0, 0.05) is 12.1 Å². The number of nitrogens with zero attached hydrogens (tertiary/aromatic N) is 1. The van der Waals surface area contributed by atoms with Gasteiger partial charge < -0.3 is 15.0 Å². The third kappa shape index (κ3) is 2.69. The number of carbonyl (C=O) groups is 1. The molecule has 2 heterocycles. The van der Waals surface area contributed by atoms with Crippen molar-refractivity contribution >= 4 is 5.97 Å². The molecule has 0 spiro atoms. The molecule has 2 aliphatic rings. The van der Waals surface area contributed by atoms with E-state index in [1.54, 1.807) is 0 Å². The Hall–Kier alpha value is -0.610. The molecule has 2 fully saturated rings. The van der Waals surface area contributed by atoms with Crippen molar-refractivity contribution in [1.82, 2.24) is 10.2 Å². The van der Waals surface area contributed by atoms with Crippen molar-refractivity contribution in [1.29, 1.82) is 0 Å². The van der Waals surface area contributed by atoms with E-state index in [-0.39, 0.29) is 5.97 Å². The first-order valence-corrected chi connectivity index (χ1v) is 5.84. The zero-order valence-corrected chi connectivity index (χ0v) is 9.37. The molecule has 1 N–H and O–H groups in total. The second-order valence-corrected chi connectivity index (χ2v) is 4.51. The molecule has 0 aromatic heterocycles. The second-order valence-electron chi connectivity index (χ2n) is 4.51. The average molecular weight is 212 g/mol. The van der Waals surface area contributed by atoms with E-state index in [4.69, 9.17) is 0 Å². The van der Waals surface area contributed by atoms with Gasteiger partial charge in [0.05, 0.1) is 13.7 Å². The maximum absolute atomic E-state index is 11.0. The van der Waals surface area contributed by atoms with Crippen LogP contribution in [-0.2, 0) is 9.53 Å². The fraction of sp³-hybridized carbons (Fsp3) is 0.909. The van der Waals surface area contributed by atoms with Crippen LogP contribution < -0.4 is 5.32 Å². The summed E-state index contributed by atoms with van der Waals surface area (Å²) in [5.41, 5.74) is 0. The highest BCUT2D eigenvalue weighted by molar-refractivity contribution is 5.71. The molecule has 0 bridgehead atoms. The lowest BCUT2D eigenvalue weighted by molar-refractivity contribution is -0.139. The fourth-order valence-electron chi connectivity index (χ4n) is 2.71. The first kappa shape index (κ1) is 10.9. The van der Waals surface area contributed by atoms with Gasteiger partial charge in [-0.3, -0.25) is 4.79 Å². The minimum atomic E-state index is -0.163. The lowest BCUT2D eigenvalue weighted by Crippen LogP contribution is -2.46. The number of hydrogen-bond donors (Lipinski definition) is 1. The number of ether oxygens (including phenoxy) is 1. The van der Waals surface area contributed by atoms with Crippen LogP contribution in [0.3, 0.4) is 0 Å². The van der Waals surface area contributed by atoms with E-state index in [9.17, 15) is 4.79 Å². The number of fused-ring (bicyclic) bond motifs is 1. The third-order valence-corrected chi connectivity index (χ3v) is 3.58. The summed E-state index contributed by atoms with van der Waals surface area (Å²) in [5.74, 6) is -0.163. The van der Waals surface area contributed by atoms with Crippen LogP contribution in [0.4, 0.5) is 0 Å². The van der Waals surface area contributed by atoms with Crippen LogP contribution in [-0.4, -0.2) is 49.7 Å². The molecule has 2 rings (SSSR count). The van der Waals surface area contributed by atoms with Gasteiger partial charge in [-0.05, 0) is 38.8 Å². The van der Waals surface area contributed by atoms with Crippen molar-refractivity contribution in [3.8, 4) is 0 Å². The second kappa shape index (κ2) is 4.94. The Balaban J connectivity index is 1.73. The molecular weight excluding hydrogens is 192 g/mol. The van der Waals surface area contributed by atoms with Crippen LogP contribution >= 0.6 is 0 Å². The minimum absolute atomic E-state index is 0.163. The monoisotopic (exact) mass is 212 g/mol. The van der Waals surface area contributed by atoms with Gasteiger partial charge in [-0.15, -0.1) is 0 Å². The van der Waals surface area contributed by atoms with Gasteiger partial charge in [0.15, 0.2) is 0 Å². The smallest absolute Gasteiger partial charge is 0.319 e. The van der Waals surface area contributed by atoms with Gasteiger partial charge in [0.1, 0.15) is 0 Å². The summed E-state index contributed by atoms with van der Waals surface area (Å²) in [6.07, 6.45) is 5.02. The predicted molar refractivity (Wildman–Crippen MR) is 57.6 cm³/mol. The molecule has 0 aliphatic carbocycles. The van der Waals surface area contributed by atoms with Gasteiger partial charge in [0.25, 0.3) is 0 Å². The van der Waals surface area contributed by atoms with E-state index >= 15 is 0 Å². The van der Waals surface area contributed by atoms with E-state index in [2.05, 4.69) is 15.0 Å². The summed E-state index contributed by atoms with van der Waals surface area (Å²) in [7, 11) is 1.43. The summed E-state index contributed by atoms with van der Waals surface area (Å²) in [6.45, 7) is 2.81. The molecule has 4 nitrogen and oxygen atoms in total. The fourth-order valence-corrected chi connectivity index (χ4v) is 2.71. The van der Waals surface area contributed by atoms with Crippen LogP contribution in [0.1, 0.15) is 25.7 Å². The number of hydrogen-bond acceptors (Lipinski definition) is 4. The van der Waals surface area contributed by atoms with E-state index in [1.165, 1.54) is 39.5 Å². The molecule has 15 heavy (non-hydrogen) atoms. The molecule has 0 aromatic carbocycles. The first-order valence-electron chi connectivity index (χ1n) is 5.84. The number of methoxy groups -OCH3 is 1. The molecule has 2 saturated heterocycles. The summed E-state index contributed by atoms with van der Waals surface area (Å²) in [5, 5.41) is 3.28. The van der Waals surface area contributed by atoms with Gasteiger partial charge in [-0.1, -0.05) is 0 Å². The standard InChI is InChI=1S/C11H20N2O2/c1-15-11(14)8-12-9-4-6-13-5-2-3-10(13)7-9/h9-10,12H,2-8H2,1H3. The number of carbonyl (C=O) groups excluding carboxylic acids is 1. The van der Waals surface area contributed by atoms with Gasteiger partial charge in [-0.2, -0.15) is 0 Å². The normalized spacial score (nSPS) is 31.3.